The highest BCUT2D eigenvalue weighted by Crippen LogP contribution is 2.35. The molecule has 0 bridgehead atoms. The fourth-order valence-electron chi connectivity index (χ4n) is 2.51. The first-order chi connectivity index (χ1) is 11.9. The summed E-state index contributed by atoms with van der Waals surface area (Å²) in [4.78, 5) is 16.4. The maximum Gasteiger partial charge on any atom is 0.187 e. The number of halogens is 1. The third-order valence-electron chi connectivity index (χ3n) is 3.75. The molecule has 1 N–H and O–H groups in total. The molecule has 0 unspecified atom stereocenters. The van der Waals surface area contributed by atoms with E-state index in [4.69, 9.17) is 11.6 Å². The number of thiazole rings is 1. The molecule has 3 aromatic rings. The standard InChI is InChI=1S/C19H17ClN2O2S/c1-11-3-4-12(2)15(9-11)18-16(10-17(23)24)25-19(22-18)21-14-7-5-13(20)6-8-14/h3-9H,10H2,1-2H3,(H,21,22)(H,23,24)/p-1. The molecular weight excluding hydrogens is 356 g/mol. The van der Waals surface area contributed by atoms with E-state index in [1.807, 2.05) is 44.2 Å². The highest BCUT2D eigenvalue weighted by Gasteiger charge is 2.15. The highest BCUT2D eigenvalue weighted by molar-refractivity contribution is 7.16. The van der Waals surface area contributed by atoms with E-state index >= 15 is 0 Å². The van der Waals surface area contributed by atoms with Crippen molar-refractivity contribution in [3.63, 3.8) is 0 Å². The number of nitrogens with one attached hydrogen (secondary N) is 1. The molecule has 0 atom stereocenters. The number of benzene rings is 2. The van der Waals surface area contributed by atoms with Crippen molar-refractivity contribution in [3.8, 4) is 11.3 Å². The maximum atomic E-state index is 11.1. The van der Waals surface area contributed by atoms with E-state index in [0.717, 1.165) is 22.4 Å². The van der Waals surface area contributed by atoms with Crippen LogP contribution < -0.4 is 10.4 Å². The summed E-state index contributed by atoms with van der Waals surface area (Å²) in [6, 6.07) is 13.3. The molecule has 0 spiro atoms. The number of nitrogens with zero attached hydrogens (tertiary/aromatic N) is 1. The number of anilines is 2. The minimum Gasteiger partial charge on any atom is -0.550 e. The van der Waals surface area contributed by atoms with Crippen LogP contribution in [0.5, 0.6) is 0 Å². The molecule has 0 aliphatic heterocycles. The second-order valence-electron chi connectivity index (χ2n) is 5.79. The van der Waals surface area contributed by atoms with E-state index in [0.29, 0.717) is 20.7 Å². The number of hydrogen-bond acceptors (Lipinski definition) is 5. The Balaban J connectivity index is 2.01. The topological polar surface area (TPSA) is 65.0 Å². The molecule has 0 amide bonds. The Morgan fingerprint density at radius 1 is 1.20 bits per heavy atom. The van der Waals surface area contributed by atoms with Gasteiger partial charge in [-0.15, -0.1) is 11.3 Å². The Bertz CT molecular complexity index is 920. The predicted octanol–water partition coefficient (Wildman–Crippen LogP) is 4.12. The van der Waals surface area contributed by atoms with Gasteiger partial charge in [0.25, 0.3) is 0 Å². The number of rotatable bonds is 5. The quantitative estimate of drug-likeness (QED) is 0.732. The molecule has 1 aromatic heterocycles. The predicted molar refractivity (Wildman–Crippen MR) is 100 cm³/mol. The molecule has 2 aromatic carbocycles. The highest BCUT2D eigenvalue weighted by atomic mass is 35.5. The molecule has 3 rings (SSSR count). The summed E-state index contributed by atoms with van der Waals surface area (Å²) in [5.41, 5.74) is 4.61. The van der Waals surface area contributed by atoms with Gasteiger partial charge in [0.1, 0.15) is 0 Å². The number of aliphatic carboxylic acids is 1. The van der Waals surface area contributed by atoms with Crippen molar-refractivity contribution in [2.75, 3.05) is 5.32 Å². The zero-order chi connectivity index (χ0) is 18.0. The molecule has 25 heavy (non-hydrogen) atoms. The lowest BCUT2D eigenvalue weighted by Crippen LogP contribution is -2.24. The van der Waals surface area contributed by atoms with E-state index in [1.54, 1.807) is 12.1 Å². The number of carboxylic acid groups (broad SMARTS) is 1. The molecule has 0 radical (unpaired) electrons. The average molecular weight is 372 g/mol. The molecule has 0 aliphatic carbocycles. The molecule has 4 nitrogen and oxygen atoms in total. The lowest BCUT2D eigenvalue weighted by Gasteiger charge is -2.07. The fraction of sp³-hybridized carbons (Fsp3) is 0.158. The van der Waals surface area contributed by atoms with Gasteiger partial charge in [-0.1, -0.05) is 29.3 Å². The molecule has 0 aliphatic rings. The first-order valence-electron chi connectivity index (χ1n) is 7.72. The van der Waals surface area contributed by atoms with E-state index in [-0.39, 0.29) is 6.42 Å². The molecule has 128 valence electrons. The van der Waals surface area contributed by atoms with E-state index in [9.17, 15) is 9.90 Å². The summed E-state index contributed by atoms with van der Waals surface area (Å²) in [6.07, 6.45) is -0.164. The minimum atomic E-state index is -1.12. The van der Waals surface area contributed by atoms with E-state index < -0.39 is 5.97 Å². The number of aromatic nitrogens is 1. The molecule has 6 heteroatoms. The average Bonchev–Trinajstić information content (AvgIpc) is 2.93. The smallest absolute Gasteiger partial charge is 0.187 e. The van der Waals surface area contributed by atoms with Crippen LogP contribution in [0.3, 0.4) is 0 Å². The number of aryl methyl sites for hydroxylation is 2. The lowest BCUT2D eigenvalue weighted by molar-refractivity contribution is -0.304. The van der Waals surface area contributed by atoms with Crippen LogP contribution in [0.1, 0.15) is 16.0 Å². The normalized spacial score (nSPS) is 10.7. The second-order valence-corrected chi connectivity index (χ2v) is 7.31. The summed E-state index contributed by atoms with van der Waals surface area (Å²) >= 11 is 7.22. The first kappa shape index (κ1) is 17.5. The molecular formula is C19H16ClN2O2S-. The lowest BCUT2D eigenvalue weighted by atomic mass is 10.0. The van der Waals surface area contributed by atoms with Gasteiger partial charge in [-0.05, 0) is 49.7 Å². The van der Waals surface area contributed by atoms with Crippen molar-refractivity contribution in [3.05, 3.63) is 63.5 Å². The van der Waals surface area contributed by atoms with Gasteiger partial charge >= 0.3 is 0 Å². The fourth-order valence-corrected chi connectivity index (χ4v) is 3.62. The third-order valence-corrected chi connectivity index (χ3v) is 4.97. The molecule has 1 heterocycles. The summed E-state index contributed by atoms with van der Waals surface area (Å²) in [6.45, 7) is 3.99. The Kier molecular flexibility index (Phi) is 5.06. The van der Waals surface area contributed by atoms with Crippen LogP contribution in [-0.4, -0.2) is 11.0 Å². The van der Waals surface area contributed by atoms with Crippen molar-refractivity contribution in [1.82, 2.24) is 4.98 Å². The van der Waals surface area contributed by atoms with Crippen LogP contribution in [0.25, 0.3) is 11.3 Å². The summed E-state index contributed by atoms with van der Waals surface area (Å²) in [5.74, 6) is -1.12. The Morgan fingerprint density at radius 2 is 1.92 bits per heavy atom. The van der Waals surface area contributed by atoms with Gasteiger partial charge in [0.2, 0.25) is 0 Å². The van der Waals surface area contributed by atoms with Gasteiger partial charge < -0.3 is 15.2 Å². The summed E-state index contributed by atoms with van der Waals surface area (Å²) < 4.78 is 0. The Hall–Kier alpha value is -2.37. The van der Waals surface area contributed by atoms with Gasteiger partial charge in [0.05, 0.1) is 5.69 Å². The number of hydrogen-bond donors (Lipinski definition) is 1. The largest absolute Gasteiger partial charge is 0.550 e. The number of carboxylic acids is 1. The van der Waals surface area contributed by atoms with Crippen molar-refractivity contribution in [2.24, 2.45) is 0 Å². The Labute approximate surface area is 155 Å². The zero-order valence-corrected chi connectivity index (χ0v) is 15.4. The van der Waals surface area contributed by atoms with Gasteiger partial charge in [0.15, 0.2) is 5.13 Å². The van der Waals surface area contributed by atoms with Crippen LogP contribution >= 0.6 is 22.9 Å². The van der Waals surface area contributed by atoms with Crippen LogP contribution in [0, 0.1) is 13.8 Å². The van der Waals surface area contributed by atoms with Crippen molar-refractivity contribution in [2.45, 2.75) is 20.3 Å². The van der Waals surface area contributed by atoms with Crippen LogP contribution in [0.2, 0.25) is 5.02 Å². The molecule has 0 saturated carbocycles. The summed E-state index contributed by atoms with van der Waals surface area (Å²) in [7, 11) is 0. The SMILES string of the molecule is Cc1ccc(C)c(-c2nc(Nc3ccc(Cl)cc3)sc2CC(=O)[O-])c1. The monoisotopic (exact) mass is 371 g/mol. The van der Waals surface area contributed by atoms with E-state index in [2.05, 4.69) is 10.3 Å². The maximum absolute atomic E-state index is 11.1. The molecule has 0 saturated heterocycles. The van der Waals surface area contributed by atoms with Crippen molar-refractivity contribution < 1.29 is 9.90 Å². The number of carbonyl (C=O) groups excluding carboxylic acids is 1. The zero-order valence-electron chi connectivity index (χ0n) is 13.8. The third kappa shape index (κ3) is 4.18. The van der Waals surface area contributed by atoms with Gasteiger partial charge in [-0.2, -0.15) is 0 Å². The van der Waals surface area contributed by atoms with Crippen molar-refractivity contribution >= 4 is 39.7 Å². The molecule has 0 fully saturated rings. The van der Waals surface area contributed by atoms with Crippen LogP contribution in [0.4, 0.5) is 10.8 Å². The minimum absolute atomic E-state index is 0.164. The van der Waals surface area contributed by atoms with Gasteiger partial charge in [-0.3, -0.25) is 0 Å². The van der Waals surface area contributed by atoms with Gasteiger partial charge in [-0.25, -0.2) is 4.98 Å². The van der Waals surface area contributed by atoms with Crippen LogP contribution in [-0.2, 0) is 11.2 Å². The summed E-state index contributed by atoms with van der Waals surface area (Å²) in [5, 5.41) is 15.6. The van der Waals surface area contributed by atoms with Crippen molar-refractivity contribution in [1.29, 1.82) is 0 Å². The Morgan fingerprint density at radius 3 is 2.60 bits per heavy atom. The van der Waals surface area contributed by atoms with E-state index in [1.165, 1.54) is 11.3 Å². The van der Waals surface area contributed by atoms with Gasteiger partial charge in [0, 0.05) is 33.5 Å². The first-order valence-corrected chi connectivity index (χ1v) is 8.91. The second kappa shape index (κ2) is 7.25. The number of carbonyl (C=O) groups is 1. The van der Waals surface area contributed by atoms with Crippen LogP contribution in [0.15, 0.2) is 42.5 Å².